The zero-order valence-electron chi connectivity index (χ0n) is 16.8. The Morgan fingerprint density at radius 1 is 1.20 bits per heavy atom. The number of carbonyl (C=O) groups is 1. The molecule has 1 heterocycles. The lowest BCUT2D eigenvalue weighted by Crippen LogP contribution is -2.27. The van der Waals surface area contributed by atoms with Crippen LogP contribution in [-0.2, 0) is 23.0 Å². The van der Waals surface area contributed by atoms with Crippen LogP contribution in [0.15, 0.2) is 52.7 Å². The molecule has 0 saturated heterocycles. The van der Waals surface area contributed by atoms with Crippen molar-refractivity contribution in [3.8, 4) is 0 Å². The molecule has 0 aliphatic rings. The Morgan fingerprint density at radius 3 is 2.53 bits per heavy atom. The average Bonchev–Trinajstić information content (AvgIpc) is 3.16. The van der Waals surface area contributed by atoms with Gasteiger partial charge in [-0.25, -0.2) is 17.8 Å². The predicted molar refractivity (Wildman–Crippen MR) is 116 cm³/mol. The molecule has 3 aromatic rings. The quantitative estimate of drug-likeness (QED) is 0.588. The zero-order valence-corrected chi connectivity index (χ0v) is 18.5. The van der Waals surface area contributed by atoms with Crippen molar-refractivity contribution in [3.63, 3.8) is 0 Å². The third-order valence-corrected chi connectivity index (χ3v) is 6.91. The second-order valence-electron chi connectivity index (χ2n) is 6.84. The van der Waals surface area contributed by atoms with Crippen molar-refractivity contribution in [3.05, 3.63) is 75.5 Å². The Morgan fingerprint density at radius 2 is 1.90 bits per heavy atom. The smallest absolute Gasteiger partial charge is 0.261 e. The number of halogens is 1. The Kier molecular flexibility index (Phi) is 6.52. The van der Waals surface area contributed by atoms with E-state index in [0.717, 1.165) is 17.1 Å². The van der Waals surface area contributed by atoms with Crippen LogP contribution in [0.5, 0.6) is 0 Å². The number of aryl methyl sites for hydroxylation is 2. The van der Waals surface area contributed by atoms with Crippen LogP contribution in [0.25, 0.3) is 0 Å². The number of benzene rings is 2. The SMILES string of the molecule is CCc1nc(CN(C)C(=O)c2cc(S(=O)(=O)Nc3ccc(F)cc3)ccc2C)cs1. The van der Waals surface area contributed by atoms with Crippen LogP contribution in [0.1, 0.15) is 33.5 Å². The maximum atomic E-state index is 13.1. The second kappa shape index (κ2) is 8.93. The highest BCUT2D eigenvalue weighted by molar-refractivity contribution is 7.92. The summed E-state index contributed by atoms with van der Waals surface area (Å²) in [6.07, 6.45) is 0.836. The van der Waals surface area contributed by atoms with Gasteiger partial charge in [-0.1, -0.05) is 13.0 Å². The number of thiazole rings is 1. The van der Waals surface area contributed by atoms with Crippen LogP contribution in [0, 0.1) is 12.7 Å². The van der Waals surface area contributed by atoms with Gasteiger partial charge < -0.3 is 4.90 Å². The van der Waals surface area contributed by atoms with E-state index in [1.165, 1.54) is 41.3 Å². The van der Waals surface area contributed by atoms with Crippen molar-refractivity contribution < 1.29 is 17.6 Å². The van der Waals surface area contributed by atoms with E-state index in [2.05, 4.69) is 9.71 Å². The van der Waals surface area contributed by atoms with Gasteiger partial charge >= 0.3 is 0 Å². The number of nitrogens with zero attached hydrogens (tertiary/aromatic N) is 2. The molecule has 1 amide bonds. The molecule has 0 bridgehead atoms. The first-order chi connectivity index (χ1) is 14.2. The van der Waals surface area contributed by atoms with E-state index in [4.69, 9.17) is 0 Å². The van der Waals surface area contributed by atoms with Crippen molar-refractivity contribution in [1.29, 1.82) is 0 Å². The Labute approximate surface area is 179 Å². The van der Waals surface area contributed by atoms with E-state index in [9.17, 15) is 17.6 Å². The van der Waals surface area contributed by atoms with Crippen molar-refractivity contribution in [2.45, 2.75) is 31.7 Å². The molecule has 3 rings (SSSR count). The molecule has 9 heteroatoms. The van der Waals surface area contributed by atoms with Crippen LogP contribution in [-0.4, -0.2) is 31.3 Å². The normalized spacial score (nSPS) is 11.3. The number of sulfonamides is 1. The summed E-state index contributed by atoms with van der Waals surface area (Å²) >= 11 is 1.55. The molecule has 0 saturated carbocycles. The summed E-state index contributed by atoms with van der Waals surface area (Å²) in [6.45, 7) is 4.11. The second-order valence-corrected chi connectivity index (χ2v) is 9.46. The van der Waals surface area contributed by atoms with Crippen LogP contribution in [0.4, 0.5) is 10.1 Å². The molecule has 0 aliphatic heterocycles. The number of hydrogen-bond acceptors (Lipinski definition) is 5. The molecule has 1 aromatic heterocycles. The molecule has 0 radical (unpaired) electrons. The highest BCUT2D eigenvalue weighted by Gasteiger charge is 2.21. The summed E-state index contributed by atoms with van der Waals surface area (Å²) in [4.78, 5) is 18.9. The standard InChI is InChI=1S/C21H22FN3O3S2/c1-4-20-23-17(13-29-20)12-25(3)21(26)19-11-18(10-5-14(19)2)30(27,28)24-16-8-6-15(22)7-9-16/h5-11,13,24H,4,12H2,1-3H3. The van der Waals surface area contributed by atoms with Crippen LogP contribution in [0.3, 0.4) is 0 Å². The van der Waals surface area contributed by atoms with Crippen LogP contribution in [0.2, 0.25) is 0 Å². The third-order valence-electron chi connectivity index (χ3n) is 4.49. The third kappa shape index (κ3) is 5.03. The van der Waals surface area contributed by atoms with Crippen molar-refractivity contribution in [2.24, 2.45) is 0 Å². The molecular weight excluding hydrogens is 425 g/mol. The largest absolute Gasteiger partial charge is 0.336 e. The minimum atomic E-state index is -3.94. The first kappa shape index (κ1) is 21.9. The molecule has 0 aliphatic carbocycles. The summed E-state index contributed by atoms with van der Waals surface area (Å²) < 4.78 is 40.9. The fourth-order valence-electron chi connectivity index (χ4n) is 2.84. The van der Waals surface area contributed by atoms with Gasteiger partial charge in [0.05, 0.1) is 22.1 Å². The molecule has 0 unspecified atom stereocenters. The van der Waals surface area contributed by atoms with Gasteiger partial charge in [-0.3, -0.25) is 9.52 Å². The molecule has 0 fully saturated rings. The van der Waals surface area contributed by atoms with Gasteiger partial charge in [0.25, 0.3) is 15.9 Å². The highest BCUT2D eigenvalue weighted by atomic mass is 32.2. The van der Waals surface area contributed by atoms with Gasteiger partial charge in [-0.15, -0.1) is 11.3 Å². The van der Waals surface area contributed by atoms with Crippen LogP contribution < -0.4 is 4.72 Å². The molecule has 30 heavy (non-hydrogen) atoms. The van der Waals surface area contributed by atoms with E-state index < -0.39 is 15.8 Å². The van der Waals surface area contributed by atoms with Gasteiger partial charge in [0.2, 0.25) is 0 Å². The minimum Gasteiger partial charge on any atom is -0.336 e. The average molecular weight is 448 g/mol. The highest BCUT2D eigenvalue weighted by Crippen LogP contribution is 2.21. The van der Waals surface area contributed by atoms with E-state index in [1.807, 2.05) is 12.3 Å². The summed E-state index contributed by atoms with van der Waals surface area (Å²) in [5.41, 5.74) is 2.00. The molecule has 0 atom stereocenters. The maximum Gasteiger partial charge on any atom is 0.261 e. The van der Waals surface area contributed by atoms with Crippen molar-refractivity contribution in [1.82, 2.24) is 9.88 Å². The van der Waals surface area contributed by atoms with Crippen molar-refractivity contribution in [2.75, 3.05) is 11.8 Å². The van der Waals surface area contributed by atoms with Gasteiger partial charge in [0.15, 0.2) is 0 Å². The Hall–Kier alpha value is -2.78. The predicted octanol–water partition coefficient (Wildman–Crippen LogP) is 4.23. The van der Waals surface area contributed by atoms with Gasteiger partial charge in [-0.2, -0.15) is 0 Å². The molecule has 0 spiro atoms. The Bertz CT molecular complexity index is 1160. The number of nitrogens with one attached hydrogen (secondary N) is 1. The van der Waals surface area contributed by atoms with E-state index >= 15 is 0 Å². The topological polar surface area (TPSA) is 79.4 Å². The lowest BCUT2D eigenvalue weighted by Gasteiger charge is -2.18. The van der Waals surface area contributed by atoms with E-state index in [-0.39, 0.29) is 16.5 Å². The number of anilines is 1. The fourth-order valence-corrected chi connectivity index (χ4v) is 4.66. The molecular formula is C21H22FN3O3S2. The fraction of sp³-hybridized carbons (Fsp3) is 0.238. The lowest BCUT2D eigenvalue weighted by atomic mass is 10.1. The monoisotopic (exact) mass is 447 g/mol. The molecule has 6 nitrogen and oxygen atoms in total. The summed E-state index contributed by atoms with van der Waals surface area (Å²) in [7, 11) is -2.28. The first-order valence-electron chi connectivity index (χ1n) is 9.27. The van der Waals surface area contributed by atoms with Crippen LogP contribution >= 0.6 is 11.3 Å². The summed E-state index contributed by atoms with van der Waals surface area (Å²) in [6, 6.07) is 9.39. The van der Waals surface area contributed by atoms with E-state index in [1.54, 1.807) is 31.4 Å². The number of aromatic nitrogens is 1. The molecule has 158 valence electrons. The summed E-state index contributed by atoms with van der Waals surface area (Å²) in [5, 5.41) is 2.92. The molecule has 1 N–H and O–H groups in total. The first-order valence-corrected chi connectivity index (χ1v) is 11.6. The van der Waals surface area contributed by atoms with E-state index in [0.29, 0.717) is 17.7 Å². The van der Waals surface area contributed by atoms with Gasteiger partial charge in [-0.05, 0) is 55.3 Å². The van der Waals surface area contributed by atoms with Crippen molar-refractivity contribution >= 4 is 33.0 Å². The van der Waals surface area contributed by atoms with Gasteiger partial charge in [0.1, 0.15) is 5.82 Å². The Balaban J connectivity index is 1.82. The number of amides is 1. The number of rotatable bonds is 7. The van der Waals surface area contributed by atoms with Gasteiger partial charge in [0, 0.05) is 23.7 Å². The minimum absolute atomic E-state index is 0.0453. The maximum absolute atomic E-state index is 13.1. The number of carbonyl (C=O) groups excluding carboxylic acids is 1. The zero-order chi connectivity index (χ0) is 21.9. The summed E-state index contributed by atoms with van der Waals surface area (Å²) in [5.74, 6) is -0.757. The number of hydrogen-bond donors (Lipinski definition) is 1. The molecule has 2 aromatic carbocycles. The lowest BCUT2D eigenvalue weighted by molar-refractivity contribution is 0.0782.